The highest BCUT2D eigenvalue weighted by atomic mass is 79.9. The van der Waals surface area contributed by atoms with Crippen molar-refractivity contribution in [2.75, 3.05) is 6.61 Å². The van der Waals surface area contributed by atoms with Crippen LogP contribution in [0.4, 0.5) is 0 Å². The number of aromatic nitrogens is 1. The van der Waals surface area contributed by atoms with Crippen molar-refractivity contribution >= 4 is 28.5 Å². The van der Waals surface area contributed by atoms with Crippen LogP contribution in [0.5, 0.6) is 5.88 Å². The van der Waals surface area contributed by atoms with Gasteiger partial charge in [0.15, 0.2) is 0 Å². The van der Waals surface area contributed by atoms with Gasteiger partial charge in [-0.2, -0.15) is 0 Å². The number of hydrogen-bond acceptors (Lipinski definition) is 4. The molecule has 1 aromatic rings. The number of ether oxygens (including phenoxy) is 1. The molecule has 1 aliphatic heterocycles. The van der Waals surface area contributed by atoms with Gasteiger partial charge in [0.05, 0.1) is 22.3 Å². The van der Waals surface area contributed by atoms with Gasteiger partial charge in [0.25, 0.3) is 0 Å². The van der Waals surface area contributed by atoms with Crippen molar-refractivity contribution < 1.29 is 14.0 Å². The number of nitrogens with zero attached hydrogens (tertiary/aromatic N) is 1. The summed E-state index contributed by atoms with van der Waals surface area (Å²) >= 11 is 3.45. The molecule has 19 heavy (non-hydrogen) atoms. The first kappa shape index (κ1) is 14.8. The van der Waals surface area contributed by atoms with Gasteiger partial charge in [0.1, 0.15) is 0 Å². The lowest BCUT2D eigenvalue weighted by Gasteiger charge is -2.32. The van der Waals surface area contributed by atoms with E-state index in [1.807, 2.05) is 40.7 Å². The molecule has 0 amide bonds. The van der Waals surface area contributed by atoms with Crippen molar-refractivity contribution in [2.24, 2.45) is 0 Å². The van der Waals surface area contributed by atoms with Crippen molar-refractivity contribution in [1.82, 2.24) is 4.98 Å². The van der Waals surface area contributed by atoms with E-state index in [4.69, 9.17) is 14.0 Å². The van der Waals surface area contributed by atoms with E-state index in [1.54, 1.807) is 6.20 Å². The minimum Gasteiger partial charge on any atom is -0.477 e. The summed E-state index contributed by atoms with van der Waals surface area (Å²) in [7, 11) is -0.399. The smallest absolute Gasteiger partial charge is 0.477 e. The van der Waals surface area contributed by atoms with Crippen LogP contribution < -0.4 is 10.2 Å². The fourth-order valence-corrected chi connectivity index (χ4v) is 2.27. The molecule has 2 heterocycles. The van der Waals surface area contributed by atoms with Crippen LogP contribution in [0.1, 0.15) is 34.6 Å². The maximum atomic E-state index is 5.98. The highest BCUT2D eigenvalue weighted by molar-refractivity contribution is 9.10. The Morgan fingerprint density at radius 3 is 2.32 bits per heavy atom. The van der Waals surface area contributed by atoms with Gasteiger partial charge >= 0.3 is 7.12 Å². The molecule has 0 aromatic carbocycles. The fraction of sp³-hybridized carbons (Fsp3) is 0.615. The maximum absolute atomic E-state index is 5.98. The molecule has 0 atom stereocenters. The van der Waals surface area contributed by atoms with Gasteiger partial charge in [-0.15, -0.1) is 0 Å². The zero-order valence-electron chi connectivity index (χ0n) is 12.0. The highest BCUT2D eigenvalue weighted by Gasteiger charge is 2.51. The molecule has 0 saturated carbocycles. The Hall–Kier alpha value is -0.585. The second kappa shape index (κ2) is 5.07. The van der Waals surface area contributed by atoms with Crippen LogP contribution >= 0.6 is 15.9 Å². The van der Waals surface area contributed by atoms with E-state index in [0.29, 0.717) is 12.5 Å². The molecule has 6 heteroatoms. The molecule has 1 aromatic heterocycles. The van der Waals surface area contributed by atoms with Gasteiger partial charge in [0.2, 0.25) is 5.88 Å². The molecule has 1 saturated heterocycles. The van der Waals surface area contributed by atoms with E-state index in [1.165, 1.54) is 0 Å². The Labute approximate surface area is 123 Å². The molecule has 0 aliphatic carbocycles. The van der Waals surface area contributed by atoms with Crippen molar-refractivity contribution in [3.63, 3.8) is 0 Å². The first-order valence-corrected chi connectivity index (χ1v) is 7.20. The van der Waals surface area contributed by atoms with Gasteiger partial charge in [-0.05, 0) is 56.6 Å². The third-order valence-corrected chi connectivity index (χ3v) is 4.20. The molecule has 0 radical (unpaired) electrons. The van der Waals surface area contributed by atoms with Crippen molar-refractivity contribution in [1.29, 1.82) is 0 Å². The SMILES string of the molecule is CCOc1ncc(B2OC(C)(C)C(C)(C)O2)cc1Br. The van der Waals surface area contributed by atoms with Crippen LogP contribution in [0.2, 0.25) is 0 Å². The molecular formula is C13H19BBrNO3. The molecule has 1 fully saturated rings. The molecule has 2 rings (SSSR count). The largest absolute Gasteiger partial charge is 0.496 e. The zero-order valence-corrected chi connectivity index (χ0v) is 13.6. The lowest BCUT2D eigenvalue weighted by atomic mass is 9.80. The topological polar surface area (TPSA) is 40.6 Å². The van der Waals surface area contributed by atoms with Crippen LogP contribution in [0.3, 0.4) is 0 Å². The summed E-state index contributed by atoms with van der Waals surface area (Å²) < 4.78 is 18.2. The average molecular weight is 328 g/mol. The van der Waals surface area contributed by atoms with Crippen LogP contribution in [0.25, 0.3) is 0 Å². The third kappa shape index (κ3) is 2.80. The summed E-state index contributed by atoms with van der Waals surface area (Å²) in [4.78, 5) is 4.28. The Bertz CT molecular complexity index is 463. The van der Waals surface area contributed by atoms with E-state index < -0.39 is 7.12 Å². The van der Waals surface area contributed by atoms with Crippen LogP contribution in [0, 0.1) is 0 Å². The number of halogens is 1. The zero-order chi connectivity index (χ0) is 14.3. The average Bonchev–Trinajstić information content (AvgIpc) is 2.51. The van der Waals surface area contributed by atoms with Crippen molar-refractivity contribution in [3.8, 4) is 5.88 Å². The molecule has 0 N–H and O–H groups in total. The predicted octanol–water partition coefficient (Wildman–Crippen LogP) is 2.54. The molecular weight excluding hydrogens is 309 g/mol. The molecule has 0 bridgehead atoms. The lowest BCUT2D eigenvalue weighted by molar-refractivity contribution is 0.00578. The maximum Gasteiger partial charge on any atom is 0.496 e. The Kier molecular flexibility index (Phi) is 3.96. The van der Waals surface area contributed by atoms with Gasteiger partial charge in [-0.1, -0.05) is 0 Å². The first-order valence-electron chi connectivity index (χ1n) is 6.41. The van der Waals surface area contributed by atoms with E-state index >= 15 is 0 Å². The highest BCUT2D eigenvalue weighted by Crippen LogP contribution is 2.36. The standard InChI is InChI=1S/C13H19BBrNO3/c1-6-17-11-10(15)7-9(8-16-11)14-18-12(2,3)13(4,5)19-14/h7-8H,6H2,1-5H3. The van der Waals surface area contributed by atoms with E-state index in [-0.39, 0.29) is 11.2 Å². The second-order valence-electron chi connectivity index (χ2n) is 5.58. The molecule has 104 valence electrons. The predicted molar refractivity (Wildman–Crippen MR) is 78.8 cm³/mol. The molecule has 0 unspecified atom stereocenters. The monoisotopic (exact) mass is 327 g/mol. The van der Waals surface area contributed by atoms with Crippen LogP contribution in [0.15, 0.2) is 16.7 Å². The fourth-order valence-electron chi connectivity index (χ4n) is 1.79. The van der Waals surface area contributed by atoms with Crippen LogP contribution in [-0.4, -0.2) is 29.9 Å². The van der Waals surface area contributed by atoms with Crippen molar-refractivity contribution in [2.45, 2.75) is 45.8 Å². The quantitative estimate of drug-likeness (QED) is 0.800. The number of rotatable bonds is 3. The third-order valence-electron chi connectivity index (χ3n) is 3.64. The Morgan fingerprint density at radius 2 is 1.84 bits per heavy atom. The van der Waals surface area contributed by atoms with E-state index in [2.05, 4.69) is 20.9 Å². The summed E-state index contributed by atoms with van der Waals surface area (Å²) in [6.07, 6.45) is 1.73. The second-order valence-corrected chi connectivity index (χ2v) is 6.43. The summed E-state index contributed by atoms with van der Waals surface area (Å²) in [6.45, 7) is 10.6. The minimum absolute atomic E-state index is 0.345. The van der Waals surface area contributed by atoms with Crippen LogP contribution in [-0.2, 0) is 9.31 Å². The van der Waals surface area contributed by atoms with E-state index in [0.717, 1.165) is 9.94 Å². The molecule has 0 spiro atoms. The molecule has 4 nitrogen and oxygen atoms in total. The summed E-state index contributed by atoms with van der Waals surface area (Å²) in [5, 5.41) is 0. The normalized spacial score (nSPS) is 20.6. The van der Waals surface area contributed by atoms with E-state index in [9.17, 15) is 0 Å². The summed E-state index contributed by atoms with van der Waals surface area (Å²) in [5.74, 6) is 0.586. The Balaban J connectivity index is 2.23. The van der Waals surface area contributed by atoms with Gasteiger partial charge in [-0.25, -0.2) is 4.98 Å². The van der Waals surface area contributed by atoms with Gasteiger partial charge in [0, 0.05) is 11.7 Å². The van der Waals surface area contributed by atoms with Gasteiger partial charge in [-0.3, -0.25) is 0 Å². The van der Waals surface area contributed by atoms with Crippen molar-refractivity contribution in [3.05, 3.63) is 16.7 Å². The number of pyridine rings is 1. The summed E-state index contributed by atoms with van der Waals surface area (Å²) in [6, 6.07) is 1.93. The summed E-state index contributed by atoms with van der Waals surface area (Å²) in [5.41, 5.74) is 0.194. The Morgan fingerprint density at radius 1 is 1.26 bits per heavy atom. The lowest BCUT2D eigenvalue weighted by Crippen LogP contribution is -2.41. The number of hydrogen-bond donors (Lipinski definition) is 0. The minimum atomic E-state index is -0.399. The molecule has 1 aliphatic rings. The first-order chi connectivity index (χ1) is 8.77. The van der Waals surface area contributed by atoms with Gasteiger partial charge < -0.3 is 14.0 Å².